The van der Waals surface area contributed by atoms with E-state index in [1.54, 1.807) is 35.2 Å². The van der Waals surface area contributed by atoms with Crippen molar-refractivity contribution >= 4 is 17.2 Å². The number of amides is 1. The highest BCUT2D eigenvalue weighted by Crippen LogP contribution is 2.30. The number of nitrogens with zero attached hydrogens (tertiary/aromatic N) is 5. The fourth-order valence-electron chi connectivity index (χ4n) is 4.61. The summed E-state index contributed by atoms with van der Waals surface area (Å²) in [7, 11) is 1.70. The molecule has 0 fully saturated rings. The number of para-hydroxylation sites is 1. The zero-order valence-corrected chi connectivity index (χ0v) is 21.6. The van der Waals surface area contributed by atoms with Crippen molar-refractivity contribution in [2.24, 2.45) is 7.05 Å². The van der Waals surface area contributed by atoms with E-state index in [1.807, 2.05) is 60.7 Å². The van der Waals surface area contributed by atoms with Crippen LogP contribution in [0.15, 0.2) is 102 Å². The van der Waals surface area contributed by atoms with Crippen LogP contribution < -0.4 is 15.6 Å². The van der Waals surface area contributed by atoms with E-state index in [0.29, 0.717) is 17.0 Å². The quantitative estimate of drug-likeness (QED) is 0.310. The second kappa shape index (κ2) is 9.99. The van der Waals surface area contributed by atoms with Crippen molar-refractivity contribution in [1.29, 1.82) is 0 Å². The monoisotopic (exact) mass is 534 g/mol. The molecule has 3 aromatic heterocycles. The third kappa shape index (κ3) is 4.31. The van der Waals surface area contributed by atoms with E-state index in [0.717, 1.165) is 17.3 Å². The average molecular weight is 535 g/mol. The van der Waals surface area contributed by atoms with Gasteiger partial charge in [-0.1, -0.05) is 48.5 Å². The van der Waals surface area contributed by atoms with Gasteiger partial charge in [0.25, 0.3) is 11.5 Å². The van der Waals surface area contributed by atoms with Gasteiger partial charge in [-0.15, -0.1) is 0 Å². The molecular formula is C30H23FN6O3. The molecule has 6 rings (SSSR count). The maximum atomic E-state index is 15.2. The molecule has 198 valence electrons. The summed E-state index contributed by atoms with van der Waals surface area (Å²) in [5.74, 6) is -1.45. The molecule has 0 radical (unpaired) electrons. The molecule has 0 saturated heterocycles. The number of ether oxygens (including phenoxy) is 1. The van der Waals surface area contributed by atoms with Gasteiger partial charge in [0.2, 0.25) is 0 Å². The standard InChI is InChI=1S/C30H23FN6O3/c1-19-27(29(39)37(35(19)2)22-11-7-4-8-12-22)28(38)34-21-13-15-25(23(31)17-21)40-30-33-18-32-26-16-14-24(36(26)30)20-9-5-3-6-10-20/h3-18H,1-2H3,(H,34,38). The minimum atomic E-state index is -0.718. The first-order valence-electron chi connectivity index (χ1n) is 12.4. The second-order valence-electron chi connectivity index (χ2n) is 9.07. The lowest BCUT2D eigenvalue weighted by atomic mass is 10.2. The highest BCUT2D eigenvalue weighted by Gasteiger charge is 2.23. The molecule has 1 N–H and O–H groups in total. The van der Waals surface area contributed by atoms with Gasteiger partial charge in [-0.3, -0.25) is 14.3 Å². The summed E-state index contributed by atoms with van der Waals surface area (Å²) in [5, 5.41) is 2.63. The van der Waals surface area contributed by atoms with Gasteiger partial charge in [-0.25, -0.2) is 18.5 Å². The molecule has 0 unspecified atom stereocenters. The largest absolute Gasteiger partial charge is 0.422 e. The first kappa shape index (κ1) is 24.8. The zero-order chi connectivity index (χ0) is 27.8. The van der Waals surface area contributed by atoms with Gasteiger partial charge in [0.15, 0.2) is 11.6 Å². The zero-order valence-electron chi connectivity index (χ0n) is 21.6. The summed E-state index contributed by atoms with van der Waals surface area (Å²) in [4.78, 5) is 34.8. The summed E-state index contributed by atoms with van der Waals surface area (Å²) in [5.41, 5.74) is 3.06. The van der Waals surface area contributed by atoms with Crippen LogP contribution in [0.1, 0.15) is 16.1 Å². The summed E-state index contributed by atoms with van der Waals surface area (Å²) in [6.07, 6.45) is 1.34. The van der Waals surface area contributed by atoms with E-state index < -0.39 is 17.3 Å². The molecule has 0 atom stereocenters. The number of rotatable bonds is 6. The van der Waals surface area contributed by atoms with Crippen molar-refractivity contribution in [1.82, 2.24) is 23.7 Å². The molecule has 0 spiro atoms. The Morgan fingerprint density at radius 1 is 0.925 bits per heavy atom. The van der Waals surface area contributed by atoms with E-state index in [2.05, 4.69) is 15.3 Å². The van der Waals surface area contributed by atoms with Crippen LogP contribution in [-0.4, -0.2) is 29.6 Å². The number of benzene rings is 3. The molecule has 0 saturated carbocycles. The van der Waals surface area contributed by atoms with Crippen LogP contribution in [0.2, 0.25) is 0 Å². The number of halogens is 1. The Balaban J connectivity index is 1.27. The SMILES string of the molecule is Cc1c(C(=O)Nc2ccc(Oc3ncnc4ccc(-c5ccccc5)n34)c(F)c2)c(=O)n(-c2ccccc2)n1C. The van der Waals surface area contributed by atoms with Gasteiger partial charge in [0, 0.05) is 18.8 Å². The molecule has 1 amide bonds. The molecule has 6 aromatic rings. The molecule has 0 aliphatic carbocycles. The predicted molar refractivity (Wildman–Crippen MR) is 149 cm³/mol. The predicted octanol–water partition coefficient (Wildman–Crippen LogP) is 5.38. The Kier molecular flexibility index (Phi) is 6.19. The summed E-state index contributed by atoms with van der Waals surface area (Å²) in [6.45, 7) is 1.68. The lowest BCUT2D eigenvalue weighted by Gasteiger charge is -2.11. The minimum absolute atomic E-state index is 0.0310. The fourth-order valence-corrected chi connectivity index (χ4v) is 4.61. The Bertz CT molecular complexity index is 1930. The van der Waals surface area contributed by atoms with Crippen molar-refractivity contribution in [3.05, 3.63) is 125 Å². The Morgan fingerprint density at radius 3 is 2.38 bits per heavy atom. The van der Waals surface area contributed by atoms with Gasteiger partial charge < -0.3 is 10.1 Å². The highest BCUT2D eigenvalue weighted by molar-refractivity contribution is 6.05. The number of fused-ring (bicyclic) bond motifs is 1. The minimum Gasteiger partial charge on any atom is -0.422 e. The van der Waals surface area contributed by atoms with E-state index in [-0.39, 0.29) is 23.0 Å². The Morgan fingerprint density at radius 2 is 1.65 bits per heavy atom. The van der Waals surface area contributed by atoms with Crippen LogP contribution in [0.3, 0.4) is 0 Å². The molecular weight excluding hydrogens is 511 g/mol. The number of carbonyl (C=O) groups excluding carboxylic acids is 1. The number of aromatic nitrogens is 5. The lowest BCUT2D eigenvalue weighted by molar-refractivity contribution is 0.102. The normalized spacial score (nSPS) is 11.1. The van der Waals surface area contributed by atoms with Crippen molar-refractivity contribution in [3.8, 4) is 28.7 Å². The van der Waals surface area contributed by atoms with Crippen LogP contribution in [-0.2, 0) is 7.05 Å². The third-order valence-corrected chi connectivity index (χ3v) is 6.65. The molecule has 0 bridgehead atoms. The van der Waals surface area contributed by atoms with E-state index in [9.17, 15) is 9.59 Å². The molecule has 40 heavy (non-hydrogen) atoms. The van der Waals surface area contributed by atoms with Crippen molar-refractivity contribution in [3.63, 3.8) is 0 Å². The first-order chi connectivity index (χ1) is 19.4. The second-order valence-corrected chi connectivity index (χ2v) is 9.07. The first-order valence-corrected chi connectivity index (χ1v) is 12.4. The third-order valence-electron chi connectivity index (χ3n) is 6.65. The van der Waals surface area contributed by atoms with Crippen LogP contribution >= 0.6 is 0 Å². The van der Waals surface area contributed by atoms with Crippen LogP contribution in [0, 0.1) is 12.7 Å². The van der Waals surface area contributed by atoms with Gasteiger partial charge >= 0.3 is 6.01 Å². The number of carbonyl (C=O) groups is 1. The van der Waals surface area contributed by atoms with Crippen molar-refractivity contribution < 1.29 is 13.9 Å². The lowest BCUT2D eigenvalue weighted by Crippen LogP contribution is -2.25. The number of anilines is 1. The number of hydrogen-bond acceptors (Lipinski definition) is 5. The molecule has 10 heteroatoms. The average Bonchev–Trinajstić information content (AvgIpc) is 3.50. The van der Waals surface area contributed by atoms with Crippen molar-refractivity contribution in [2.45, 2.75) is 6.92 Å². The fraction of sp³-hybridized carbons (Fsp3) is 0.0667. The maximum Gasteiger partial charge on any atom is 0.309 e. The Labute approximate surface area is 227 Å². The topological polar surface area (TPSA) is 95.5 Å². The van der Waals surface area contributed by atoms with E-state index in [1.165, 1.54) is 23.1 Å². The Hall–Kier alpha value is -5.51. The summed E-state index contributed by atoms with van der Waals surface area (Å²) >= 11 is 0. The smallest absolute Gasteiger partial charge is 0.309 e. The van der Waals surface area contributed by atoms with E-state index in [4.69, 9.17) is 4.74 Å². The number of hydrogen-bond donors (Lipinski definition) is 1. The van der Waals surface area contributed by atoms with Gasteiger partial charge in [-0.05, 0) is 48.9 Å². The van der Waals surface area contributed by atoms with Crippen LogP contribution in [0.4, 0.5) is 10.1 Å². The molecule has 0 aliphatic heterocycles. The van der Waals surface area contributed by atoms with Crippen molar-refractivity contribution in [2.75, 3.05) is 5.32 Å². The summed E-state index contributed by atoms with van der Waals surface area (Å²) in [6, 6.07) is 26.5. The van der Waals surface area contributed by atoms with Crippen LogP contribution in [0.5, 0.6) is 11.8 Å². The van der Waals surface area contributed by atoms with Gasteiger partial charge in [0.05, 0.1) is 17.1 Å². The molecule has 3 heterocycles. The van der Waals surface area contributed by atoms with Gasteiger partial charge in [0.1, 0.15) is 17.5 Å². The molecule has 9 nitrogen and oxygen atoms in total. The van der Waals surface area contributed by atoms with E-state index >= 15 is 4.39 Å². The molecule has 0 aliphatic rings. The number of nitrogens with one attached hydrogen (secondary N) is 1. The summed E-state index contributed by atoms with van der Waals surface area (Å²) < 4.78 is 25.8. The molecule has 3 aromatic carbocycles. The van der Waals surface area contributed by atoms with Crippen LogP contribution in [0.25, 0.3) is 22.6 Å². The van der Waals surface area contributed by atoms with Gasteiger partial charge in [-0.2, -0.15) is 4.98 Å². The highest BCUT2D eigenvalue weighted by atomic mass is 19.1. The maximum absolute atomic E-state index is 15.2.